The summed E-state index contributed by atoms with van der Waals surface area (Å²) in [5, 5.41) is 3.28. The number of anilines is 4. The molecule has 0 aromatic heterocycles. The molecular weight excluding hydrogens is 411 g/mol. The molecule has 0 spiro atoms. The molecule has 0 aliphatic carbocycles. The lowest BCUT2D eigenvalue weighted by atomic mass is 9.96. The Morgan fingerprint density at radius 2 is 1.71 bits per heavy atom. The number of halogens is 3. The van der Waals surface area contributed by atoms with Gasteiger partial charge in [-0.2, -0.15) is 13.2 Å². The number of piperidine rings is 1. The van der Waals surface area contributed by atoms with Crippen LogP contribution in [0.1, 0.15) is 12.8 Å². The van der Waals surface area contributed by atoms with E-state index in [1.165, 1.54) is 0 Å². The lowest BCUT2D eigenvalue weighted by molar-refractivity contribution is -0.179. The number of methoxy groups -OCH3 is 1. The molecule has 2 heterocycles. The van der Waals surface area contributed by atoms with Gasteiger partial charge in [0.25, 0.3) is 5.91 Å². The number of hydrogen-bond acceptors (Lipinski definition) is 5. The minimum atomic E-state index is -4.13. The molecular formula is C22H24F3N3O3. The monoisotopic (exact) mass is 435 g/mol. The molecule has 6 nitrogen and oxygen atoms in total. The van der Waals surface area contributed by atoms with Gasteiger partial charge in [0, 0.05) is 43.6 Å². The van der Waals surface area contributed by atoms with Crippen molar-refractivity contribution in [2.24, 2.45) is 5.92 Å². The number of fused-ring (bicyclic) bond motifs is 1. The van der Waals surface area contributed by atoms with Gasteiger partial charge in [-0.25, -0.2) is 0 Å². The second-order valence-corrected chi connectivity index (χ2v) is 7.74. The van der Waals surface area contributed by atoms with Crippen molar-refractivity contribution in [1.82, 2.24) is 0 Å². The molecule has 4 rings (SSSR count). The Balaban J connectivity index is 1.48. The van der Waals surface area contributed by atoms with Gasteiger partial charge in [0.1, 0.15) is 11.5 Å². The quantitative estimate of drug-likeness (QED) is 0.763. The van der Waals surface area contributed by atoms with Gasteiger partial charge in [-0.15, -0.1) is 0 Å². The maximum atomic E-state index is 12.9. The second kappa shape index (κ2) is 8.20. The first-order valence-electron chi connectivity index (χ1n) is 10.1. The van der Waals surface area contributed by atoms with Crippen LogP contribution in [0.2, 0.25) is 0 Å². The lowest BCUT2D eigenvalue weighted by Crippen LogP contribution is -2.39. The molecule has 2 aromatic carbocycles. The van der Waals surface area contributed by atoms with Gasteiger partial charge < -0.3 is 24.6 Å². The second-order valence-electron chi connectivity index (χ2n) is 7.74. The molecule has 0 unspecified atom stereocenters. The fraction of sp³-hybridized carbons (Fsp3) is 0.409. The molecule has 166 valence electrons. The normalized spacial score (nSPS) is 17.3. The first kappa shape index (κ1) is 21.1. The van der Waals surface area contributed by atoms with E-state index in [4.69, 9.17) is 9.47 Å². The van der Waals surface area contributed by atoms with Crippen molar-refractivity contribution in [3.05, 3.63) is 36.4 Å². The van der Waals surface area contributed by atoms with Crippen LogP contribution in [0.5, 0.6) is 11.5 Å². The van der Waals surface area contributed by atoms with Gasteiger partial charge in [0.05, 0.1) is 24.4 Å². The van der Waals surface area contributed by atoms with Crippen LogP contribution in [0.4, 0.5) is 35.9 Å². The van der Waals surface area contributed by atoms with E-state index in [2.05, 4.69) is 5.32 Å². The van der Waals surface area contributed by atoms with E-state index in [1.54, 1.807) is 19.1 Å². The Bertz CT molecular complexity index is 972. The Labute approximate surface area is 178 Å². The summed E-state index contributed by atoms with van der Waals surface area (Å²) in [5.41, 5.74) is 3.04. The standard InChI is InChI=1S/C22H24F3N3O3/c1-27-17-5-3-16(12-20(17)31-13-21(27)29)26-15-4-6-18(19(11-15)30-2)28-9-7-14(8-10-28)22(23,24)25/h3-6,11-12,14,26H,7-10,13H2,1-2H3. The van der Waals surface area contributed by atoms with Crippen LogP contribution in [0.25, 0.3) is 0 Å². The summed E-state index contributed by atoms with van der Waals surface area (Å²) in [6.07, 6.45) is -3.97. The third-order valence-electron chi connectivity index (χ3n) is 5.81. The highest BCUT2D eigenvalue weighted by atomic mass is 19.4. The number of ether oxygens (including phenoxy) is 2. The number of carbonyl (C=O) groups is 1. The van der Waals surface area contributed by atoms with Gasteiger partial charge in [-0.1, -0.05) is 0 Å². The zero-order chi connectivity index (χ0) is 22.2. The van der Waals surface area contributed by atoms with E-state index in [9.17, 15) is 18.0 Å². The molecule has 1 N–H and O–H groups in total. The van der Waals surface area contributed by atoms with E-state index in [0.717, 1.165) is 17.1 Å². The molecule has 1 fully saturated rings. The average Bonchev–Trinajstić information content (AvgIpc) is 2.76. The molecule has 2 aliphatic heterocycles. The third-order valence-corrected chi connectivity index (χ3v) is 5.81. The Hall–Kier alpha value is -3.10. The number of rotatable bonds is 4. The highest BCUT2D eigenvalue weighted by molar-refractivity contribution is 5.97. The topological polar surface area (TPSA) is 54.0 Å². The maximum absolute atomic E-state index is 12.9. The number of nitrogens with one attached hydrogen (secondary N) is 1. The fourth-order valence-corrected chi connectivity index (χ4v) is 3.99. The predicted molar refractivity (Wildman–Crippen MR) is 113 cm³/mol. The summed E-state index contributed by atoms with van der Waals surface area (Å²) in [5.74, 6) is -0.137. The molecule has 2 aromatic rings. The van der Waals surface area contributed by atoms with E-state index >= 15 is 0 Å². The number of alkyl halides is 3. The fourth-order valence-electron chi connectivity index (χ4n) is 3.99. The Morgan fingerprint density at radius 3 is 2.35 bits per heavy atom. The predicted octanol–water partition coefficient (Wildman–Crippen LogP) is 4.57. The van der Waals surface area contributed by atoms with Gasteiger partial charge in [0.15, 0.2) is 6.61 Å². The van der Waals surface area contributed by atoms with Crippen molar-refractivity contribution in [2.45, 2.75) is 19.0 Å². The number of likely N-dealkylation sites (N-methyl/N-ethyl adjacent to an activating group) is 1. The van der Waals surface area contributed by atoms with Gasteiger partial charge >= 0.3 is 6.18 Å². The molecule has 9 heteroatoms. The van der Waals surface area contributed by atoms with E-state index < -0.39 is 12.1 Å². The molecule has 0 radical (unpaired) electrons. The molecule has 1 saturated heterocycles. The minimum absolute atomic E-state index is 0.000500. The summed E-state index contributed by atoms with van der Waals surface area (Å²) < 4.78 is 49.9. The molecule has 0 bridgehead atoms. The SMILES string of the molecule is COc1cc(Nc2ccc3c(c2)OCC(=O)N3C)ccc1N1CCC(C(F)(F)F)CC1. The highest BCUT2D eigenvalue weighted by Crippen LogP contribution is 2.39. The zero-order valence-corrected chi connectivity index (χ0v) is 17.3. The number of carbonyl (C=O) groups excluding carboxylic acids is 1. The first-order valence-corrected chi connectivity index (χ1v) is 10.1. The summed E-state index contributed by atoms with van der Waals surface area (Å²) in [7, 11) is 3.25. The number of benzene rings is 2. The van der Waals surface area contributed by atoms with Crippen LogP contribution in [0.3, 0.4) is 0 Å². The Kier molecular flexibility index (Phi) is 5.60. The van der Waals surface area contributed by atoms with Crippen molar-refractivity contribution in [3.8, 4) is 11.5 Å². The van der Waals surface area contributed by atoms with E-state index in [1.807, 2.05) is 41.3 Å². The first-order chi connectivity index (χ1) is 14.8. The summed E-state index contributed by atoms with van der Waals surface area (Å²) in [4.78, 5) is 15.2. The van der Waals surface area contributed by atoms with Crippen molar-refractivity contribution < 1.29 is 27.4 Å². The van der Waals surface area contributed by atoms with Crippen LogP contribution in [0.15, 0.2) is 36.4 Å². The van der Waals surface area contributed by atoms with Crippen molar-refractivity contribution >= 4 is 28.7 Å². The number of hydrogen-bond donors (Lipinski definition) is 1. The van der Waals surface area contributed by atoms with E-state index in [-0.39, 0.29) is 25.4 Å². The third kappa shape index (κ3) is 4.35. The van der Waals surface area contributed by atoms with Crippen LogP contribution >= 0.6 is 0 Å². The van der Waals surface area contributed by atoms with Gasteiger partial charge in [0.2, 0.25) is 0 Å². The molecule has 1 amide bonds. The van der Waals surface area contributed by atoms with Crippen molar-refractivity contribution in [3.63, 3.8) is 0 Å². The van der Waals surface area contributed by atoms with Crippen LogP contribution < -0.4 is 24.6 Å². The molecule has 0 saturated carbocycles. The van der Waals surface area contributed by atoms with Crippen LogP contribution in [0, 0.1) is 5.92 Å². The summed E-state index contributed by atoms with van der Waals surface area (Å²) in [6.45, 7) is 0.671. The van der Waals surface area contributed by atoms with Crippen molar-refractivity contribution in [1.29, 1.82) is 0 Å². The summed E-state index contributed by atoms with van der Waals surface area (Å²) >= 11 is 0. The minimum Gasteiger partial charge on any atom is -0.495 e. The average molecular weight is 435 g/mol. The molecule has 2 aliphatic rings. The summed E-state index contributed by atoms with van der Waals surface area (Å²) in [6, 6.07) is 11.0. The largest absolute Gasteiger partial charge is 0.495 e. The number of nitrogens with zero attached hydrogens (tertiary/aromatic N) is 2. The number of amides is 1. The highest BCUT2D eigenvalue weighted by Gasteiger charge is 2.41. The Morgan fingerprint density at radius 1 is 1.06 bits per heavy atom. The van der Waals surface area contributed by atoms with Crippen LogP contribution in [-0.2, 0) is 4.79 Å². The lowest BCUT2D eigenvalue weighted by Gasteiger charge is -2.35. The van der Waals surface area contributed by atoms with Crippen LogP contribution in [-0.4, -0.2) is 45.9 Å². The zero-order valence-electron chi connectivity index (χ0n) is 17.3. The van der Waals surface area contributed by atoms with Crippen molar-refractivity contribution in [2.75, 3.05) is 49.0 Å². The molecule has 0 atom stereocenters. The smallest absolute Gasteiger partial charge is 0.391 e. The van der Waals surface area contributed by atoms with Gasteiger partial charge in [-0.05, 0) is 37.1 Å². The van der Waals surface area contributed by atoms with E-state index in [0.29, 0.717) is 30.3 Å². The van der Waals surface area contributed by atoms with Gasteiger partial charge in [-0.3, -0.25) is 4.79 Å². The maximum Gasteiger partial charge on any atom is 0.391 e. The molecule has 31 heavy (non-hydrogen) atoms.